The molecule has 0 aliphatic heterocycles. The van der Waals surface area contributed by atoms with E-state index in [-0.39, 0.29) is 0 Å². The first kappa shape index (κ1) is 11.4. The number of fused-ring (bicyclic) bond motifs is 1. The van der Waals surface area contributed by atoms with Gasteiger partial charge in [-0.25, -0.2) is 0 Å². The molecule has 3 rings (SSSR count). The van der Waals surface area contributed by atoms with E-state index in [1.165, 1.54) is 4.88 Å². The molecule has 2 heterocycles. The molecule has 0 aliphatic carbocycles. The predicted octanol–water partition coefficient (Wildman–Crippen LogP) is 3.69. The van der Waals surface area contributed by atoms with Crippen molar-refractivity contribution in [3.8, 4) is 0 Å². The van der Waals surface area contributed by atoms with E-state index < -0.39 is 6.10 Å². The van der Waals surface area contributed by atoms with Gasteiger partial charge in [-0.2, -0.15) is 0 Å². The lowest BCUT2D eigenvalue weighted by atomic mass is 10.0. The lowest BCUT2D eigenvalue weighted by Crippen LogP contribution is -1.97. The van der Waals surface area contributed by atoms with Crippen LogP contribution >= 0.6 is 11.3 Å². The van der Waals surface area contributed by atoms with Crippen LogP contribution in [0.4, 0.5) is 0 Å². The number of thiophene rings is 1. The third-order valence-electron chi connectivity index (χ3n) is 3.01. The Morgan fingerprint density at radius 3 is 2.83 bits per heavy atom. The van der Waals surface area contributed by atoms with Crippen molar-refractivity contribution in [2.24, 2.45) is 0 Å². The van der Waals surface area contributed by atoms with E-state index in [1.807, 2.05) is 48.7 Å². The standard InChI is InChI=1S/C15H13NOS/c1-10-7-13(9-18-10)15(17)12-4-5-14-11(8-12)3-2-6-16-14/h2-9,15,17H,1H3. The molecule has 2 nitrogen and oxygen atoms in total. The minimum Gasteiger partial charge on any atom is -0.384 e. The van der Waals surface area contributed by atoms with Gasteiger partial charge in [0.15, 0.2) is 0 Å². The van der Waals surface area contributed by atoms with Crippen molar-refractivity contribution in [3.05, 3.63) is 64.0 Å². The Kier molecular flexibility index (Phi) is 2.86. The molecule has 1 atom stereocenters. The summed E-state index contributed by atoms with van der Waals surface area (Å²) in [7, 11) is 0. The maximum absolute atomic E-state index is 10.4. The van der Waals surface area contributed by atoms with E-state index in [0.29, 0.717) is 0 Å². The third kappa shape index (κ3) is 2.03. The van der Waals surface area contributed by atoms with E-state index in [4.69, 9.17) is 0 Å². The first-order valence-corrected chi connectivity index (χ1v) is 6.70. The summed E-state index contributed by atoms with van der Waals surface area (Å²) in [4.78, 5) is 5.49. The number of hydrogen-bond donors (Lipinski definition) is 1. The van der Waals surface area contributed by atoms with Crippen LogP contribution in [0.25, 0.3) is 10.9 Å². The van der Waals surface area contributed by atoms with E-state index in [0.717, 1.165) is 22.0 Å². The molecule has 3 heteroatoms. The van der Waals surface area contributed by atoms with Gasteiger partial charge in [0.1, 0.15) is 6.10 Å². The highest BCUT2D eigenvalue weighted by atomic mass is 32.1. The SMILES string of the molecule is Cc1cc(C(O)c2ccc3ncccc3c2)cs1. The van der Waals surface area contributed by atoms with E-state index in [1.54, 1.807) is 17.5 Å². The highest BCUT2D eigenvalue weighted by molar-refractivity contribution is 7.10. The highest BCUT2D eigenvalue weighted by Crippen LogP contribution is 2.27. The van der Waals surface area contributed by atoms with Gasteiger partial charge < -0.3 is 5.11 Å². The first-order valence-electron chi connectivity index (χ1n) is 5.82. The van der Waals surface area contributed by atoms with Gasteiger partial charge in [-0.3, -0.25) is 4.98 Å². The number of hydrogen-bond acceptors (Lipinski definition) is 3. The van der Waals surface area contributed by atoms with Crippen molar-refractivity contribution < 1.29 is 5.11 Å². The van der Waals surface area contributed by atoms with Crippen LogP contribution in [-0.4, -0.2) is 10.1 Å². The van der Waals surface area contributed by atoms with E-state index >= 15 is 0 Å². The normalized spacial score (nSPS) is 12.8. The Balaban J connectivity index is 2.03. The molecule has 1 aromatic carbocycles. The third-order valence-corrected chi connectivity index (χ3v) is 3.89. The molecule has 0 fully saturated rings. The molecule has 2 aromatic heterocycles. The van der Waals surface area contributed by atoms with Crippen LogP contribution in [0.3, 0.4) is 0 Å². The van der Waals surface area contributed by atoms with Crippen molar-refractivity contribution in [2.45, 2.75) is 13.0 Å². The van der Waals surface area contributed by atoms with Crippen LogP contribution in [0.1, 0.15) is 22.1 Å². The minimum absolute atomic E-state index is 0.556. The van der Waals surface area contributed by atoms with Crippen LogP contribution in [0.15, 0.2) is 48.0 Å². The Morgan fingerprint density at radius 2 is 2.06 bits per heavy atom. The topological polar surface area (TPSA) is 33.1 Å². The molecular weight excluding hydrogens is 242 g/mol. The molecule has 0 radical (unpaired) electrons. The van der Waals surface area contributed by atoms with Gasteiger partial charge in [0.25, 0.3) is 0 Å². The van der Waals surface area contributed by atoms with Gasteiger partial charge in [-0.15, -0.1) is 11.3 Å². The summed E-state index contributed by atoms with van der Waals surface area (Å²) in [6.07, 6.45) is 1.22. The smallest absolute Gasteiger partial charge is 0.105 e. The van der Waals surface area contributed by atoms with Gasteiger partial charge in [-0.05, 0) is 47.7 Å². The van der Waals surface area contributed by atoms with Crippen molar-refractivity contribution in [1.82, 2.24) is 4.98 Å². The fourth-order valence-corrected chi connectivity index (χ4v) is 2.79. The average Bonchev–Trinajstić information content (AvgIpc) is 2.84. The van der Waals surface area contributed by atoms with E-state index in [9.17, 15) is 5.11 Å². The number of benzene rings is 1. The van der Waals surface area contributed by atoms with Crippen molar-refractivity contribution in [1.29, 1.82) is 0 Å². The molecule has 1 unspecified atom stereocenters. The zero-order valence-corrected chi connectivity index (χ0v) is 10.8. The summed E-state index contributed by atoms with van der Waals surface area (Å²) in [5, 5.41) is 13.4. The predicted molar refractivity (Wildman–Crippen MR) is 74.9 cm³/mol. The summed E-state index contributed by atoms with van der Waals surface area (Å²) in [5.74, 6) is 0. The minimum atomic E-state index is -0.556. The summed E-state index contributed by atoms with van der Waals surface area (Å²) in [6, 6.07) is 11.8. The number of nitrogens with zero attached hydrogens (tertiary/aromatic N) is 1. The molecule has 1 N–H and O–H groups in total. The van der Waals surface area contributed by atoms with Crippen molar-refractivity contribution >= 4 is 22.2 Å². The van der Waals surface area contributed by atoms with Gasteiger partial charge in [0, 0.05) is 16.5 Å². The van der Waals surface area contributed by atoms with Gasteiger partial charge >= 0.3 is 0 Å². The molecule has 0 amide bonds. The largest absolute Gasteiger partial charge is 0.384 e. The Hall–Kier alpha value is -1.71. The summed E-state index contributed by atoms with van der Waals surface area (Å²) >= 11 is 1.66. The van der Waals surface area contributed by atoms with Crippen molar-refractivity contribution in [2.75, 3.05) is 0 Å². The Bertz CT molecular complexity index is 690. The fraction of sp³-hybridized carbons (Fsp3) is 0.133. The molecule has 0 bridgehead atoms. The average molecular weight is 255 g/mol. The number of aliphatic hydroxyl groups excluding tert-OH is 1. The number of aromatic nitrogens is 1. The zero-order chi connectivity index (χ0) is 12.5. The second-order valence-electron chi connectivity index (χ2n) is 4.35. The number of rotatable bonds is 2. The van der Waals surface area contributed by atoms with E-state index in [2.05, 4.69) is 4.98 Å². The molecule has 0 aliphatic rings. The van der Waals surface area contributed by atoms with Crippen LogP contribution < -0.4 is 0 Å². The summed E-state index contributed by atoms with van der Waals surface area (Å²) in [5.41, 5.74) is 2.82. The lowest BCUT2D eigenvalue weighted by Gasteiger charge is -2.10. The number of aliphatic hydroxyl groups is 1. The van der Waals surface area contributed by atoms with Crippen LogP contribution in [0.2, 0.25) is 0 Å². The summed E-state index contributed by atoms with van der Waals surface area (Å²) < 4.78 is 0. The number of pyridine rings is 1. The highest BCUT2D eigenvalue weighted by Gasteiger charge is 2.12. The lowest BCUT2D eigenvalue weighted by molar-refractivity contribution is 0.221. The Labute approximate surface area is 110 Å². The molecule has 0 saturated heterocycles. The maximum atomic E-state index is 10.4. The second-order valence-corrected chi connectivity index (χ2v) is 5.46. The molecule has 0 saturated carbocycles. The molecular formula is C15H13NOS. The summed E-state index contributed by atoms with van der Waals surface area (Å²) in [6.45, 7) is 2.05. The van der Waals surface area contributed by atoms with Crippen LogP contribution in [0.5, 0.6) is 0 Å². The molecule has 0 spiro atoms. The van der Waals surface area contributed by atoms with Gasteiger partial charge in [0.05, 0.1) is 5.52 Å². The monoisotopic (exact) mass is 255 g/mol. The van der Waals surface area contributed by atoms with Crippen LogP contribution in [-0.2, 0) is 0 Å². The van der Waals surface area contributed by atoms with Crippen molar-refractivity contribution in [3.63, 3.8) is 0 Å². The van der Waals surface area contributed by atoms with Gasteiger partial charge in [-0.1, -0.05) is 12.1 Å². The second kappa shape index (κ2) is 4.52. The van der Waals surface area contributed by atoms with Crippen LogP contribution in [0, 0.1) is 6.92 Å². The Morgan fingerprint density at radius 1 is 1.17 bits per heavy atom. The number of aryl methyl sites for hydroxylation is 1. The maximum Gasteiger partial charge on any atom is 0.105 e. The fourth-order valence-electron chi connectivity index (χ4n) is 2.06. The zero-order valence-electron chi connectivity index (χ0n) is 10.00. The molecule has 18 heavy (non-hydrogen) atoms. The molecule has 90 valence electrons. The first-order chi connectivity index (χ1) is 8.74. The molecule has 3 aromatic rings. The van der Waals surface area contributed by atoms with Gasteiger partial charge in [0.2, 0.25) is 0 Å². The quantitative estimate of drug-likeness (QED) is 0.757.